The average molecular weight is 898 g/mol. The summed E-state index contributed by atoms with van der Waals surface area (Å²) in [6, 6.07) is 6.55. The molecule has 6 amide bonds. The van der Waals surface area contributed by atoms with Crippen molar-refractivity contribution in [1.82, 2.24) is 35.8 Å². The summed E-state index contributed by atoms with van der Waals surface area (Å²) in [4.78, 5) is 77.1. The van der Waals surface area contributed by atoms with Gasteiger partial charge in [0.25, 0.3) is 5.91 Å². The lowest BCUT2D eigenvalue weighted by Crippen LogP contribution is -2.60. The number of hydrogen-bond donors (Lipinski definition) is 6. The first-order valence-electron chi connectivity index (χ1n) is 22.4. The molecule has 0 saturated carbocycles. The van der Waals surface area contributed by atoms with Crippen LogP contribution in [0.3, 0.4) is 0 Å². The van der Waals surface area contributed by atoms with E-state index in [0.29, 0.717) is 32.4 Å². The number of carbonyl (C=O) groups is 6. The summed E-state index contributed by atoms with van der Waals surface area (Å²) in [5.74, 6) is -2.50. The van der Waals surface area contributed by atoms with Crippen LogP contribution in [0.5, 0.6) is 0 Å². The first-order valence-corrected chi connectivity index (χ1v) is 23.9. The van der Waals surface area contributed by atoms with Crippen LogP contribution < -0.4 is 26.6 Å². The van der Waals surface area contributed by atoms with Crippen molar-refractivity contribution >= 4 is 46.6 Å². The fourth-order valence-corrected chi connectivity index (χ4v) is 5.85. The molecule has 0 heterocycles. The first kappa shape index (κ1) is 64.3. The Balaban J connectivity index is -0.000000775. The molecule has 0 fully saturated rings. The Morgan fingerprint density at radius 3 is 1.89 bits per heavy atom. The lowest BCUT2D eigenvalue weighted by atomic mass is 9.79. The van der Waals surface area contributed by atoms with Crippen molar-refractivity contribution in [2.45, 2.75) is 160 Å². The average Bonchev–Trinajstić information content (AvgIpc) is 3.23. The van der Waals surface area contributed by atoms with Crippen molar-refractivity contribution in [3.63, 3.8) is 0 Å². The number of amides is 6. The quantitative estimate of drug-likeness (QED) is 0.0453. The van der Waals surface area contributed by atoms with E-state index in [4.69, 9.17) is 5.11 Å². The number of rotatable bonds is 24. The summed E-state index contributed by atoms with van der Waals surface area (Å²) < 4.78 is 13.5. The lowest BCUT2D eigenvalue weighted by molar-refractivity contribution is -0.142. The van der Waals surface area contributed by atoms with Crippen LogP contribution in [0.2, 0.25) is 0 Å². The van der Waals surface area contributed by atoms with Crippen molar-refractivity contribution in [1.29, 1.82) is 0 Å². The van der Waals surface area contributed by atoms with Gasteiger partial charge < -0.3 is 36.6 Å². The van der Waals surface area contributed by atoms with Crippen molar-refractivity contribution in [3.8, 4) is 0 Å². The third kappa shape index (κ3) is 30.7. The monoisotopic (exact) mass is 898 g/mol. The molecule has 16 heteroatoms. The molecule has 4 unspecified atom stereocenters. The normalized spacial score (nSPS) is 12.2. The molecule has 0 radical (unpaired) electrons. The highest BCUT2D eigenvalue weighted by atomic mass is 32.2. The topological polar surface area (TPSA) is 206 Å². The molecule has 0 aliphatic rings. The van der Waals surface area contributed by atoms with Crippen molar-refractivity contribution in [2.75, 3.05) is 39.5 Å². The maximum Gasteiger partial charge on any atom is 0.404 e. The smallest absolute Gasteiger partial charge is 0.404 e. The summed E-state index contributed by atoms with van der Waals surface area (Å²) in [5.41, 5.74) is 0.318. The molecular weight excluding hydrogens is 811 g/mol. The lowest BCUT2D eigenvalue weighted by Gasteiger charge is -2.38. The molecule has 1 rings (SSSR count). The highest BCUT2D eigenvalue weighted by molar-refractivity contribution is 7.81. The van der Waals surface area contributed by atoms with Gasteiger partial charge >= 0.3 is 12.1 Å². The van der Waals surface area contributed by atoms with Crippen LogP contribution in [0.4, 0.5) is 9.59 Å². The summed E-state index contributed by atoms with van der Waals surface area (Å²) in [6.45, 7) is 30.1. The number of benzene rings is 1. The van der Waals surface area contributed by atoms with E-state index in [9.17, 15) is 33.0 Å². The van der Waals surface area contributed by atoms with Crippen LogP contribution in [0.25, 0.3) is 0 Å². The van der Waals surface area contributed by atoms with Gasteiger partial charge in [-0.1, -0.05) is 152 Å². The molecule has 0 spiro atoms. The van der Waals surface area contributed by atoms with Crippen LogP contribution in [0.1, 0.15) is 141 Å². The summed E-state index contributed by atoms with van der Waals surface area (Å²) >= 11 is 0. The number of nitrogens with one attached hydrogen (secondary N) is 5. The van der Waals surface area contributed by atoms with Crippen LogP contribution >= 0.6 is 0 Å². The van der Waals surface area contributed by atoms with E-state index in [1.807, 2.05) is 106 Å². The summed E-state index contributed by atoms with van der Waals surface area (Å²) in [5, 5.41) is 21.5. The van der Waals surface area contributed by atoms with Gasteiger partial charge in [0, 0.05) is 38.5 Å². The Morgan fingerprint density at radius 2 is 1.44 bits per heavy atom. The molecule has 0 aliphatic carbocycles. The molecule has 15 nitrogen and oxygen atoms in total. The molecule has 62 heavy (non-hydrogen) atoms. The molecule has 1 aromatic rings. The second kappa shape index (κ2) is 39.5. The van der Waals surface area contributed by atoms with Gasteiger partial charge in [-0.15, -0.1) is 6.58 Å². The van der Waals surface area contributed by atoms with Crippen LogP contribution in [-0.4, -0.2) is 112 Å². The molecule has 0 aromatic heterocycles. The molecule has 360 valence electrons. The van der Waals surface area contributed by atoms with Gasteiger partial charge in [0.15, 0.2) is 0 Å². The number of urea groups is 1. The van der Waals surface area contributed by atoms with Gasteiger partial charge in [-0.25, -0.2) is 18.1 Å². The van der Waals surface area contributed by atoms with Gasteiger partial charge in [-0.3, -0.25) is 19.2 Å². The Kier molecular flexibility index (Phi) is 41.0. The van der Waals surface area contributed by atoms with E-state index in [2.05, 4.69) is 47.0 Å². The summed E-state index contributed by atoms with van der Waals surface area (Å²) in [6.07, 6.45) is 6.90. The maximum absolute atomic E-state index is 14.1. The highest BCUT2D eigenvalue weighted by Gasteiger charge is 2.39. The number of unbranched alkanes of at least 4 members (excludes halogenated alkanes) is 1. The first-order chi connectivity index (χ1) is 29.3. The van der Waals surface area contributed by atoms with Crippen molar-refractivity contribution in [3.05, 3.63) is 48.6 Å². The SMILES string of the molecule is C=CCNC(=O)C(=O)C(CCC)NC(=O)CN(CCCC)C(=O)C(NC(=O)NC(CN(C)S(C)=O)C(C)C)C(C)(C)CCC.CC.CC.CCC.O=C(O)NCc1ccccc1. The van der Waals surface area contributed by atoms with Gasteiger partial charge in [0.2, 0.25) is 17.6 Å². The molecular formula is C46H87N7O8S. The molecule has 0 bridgehead atoms. The molecule has 1 aromatic carbocycles. The minimum Gasteiger partial charge on any atom is -0.465 e. The second-order valence-corrected chi connectivity index (χ2v) is 16.6. The number of likely N-dealkylation sites (N-methyl/N-ethyl adjacent to an activating group) is 1. The van der Waals surface area contributed by atoms with Crippen LogP contribution in [-0.2, 0) is 36.7 Å². The fraction of sp³-hybridized carbons (Fsp3) is 0.696. The maximum atomic E-state index is 14.1. The van der Waals surface area contributed by atoms with Crippen molar-refractivity contribution < 1.29 is 38.1 Å². The van der Waals surface area contributed by atoms with Crippen molar-refractivity contribution in [2.24, 2.45) is 11.3 Å². The number of ketones is 1. The minimum absolute atomic E-state index is 0.0342. The zero-order valence-corrected chi connectivity index (χ0v) is 41.9. The number of carbonyl (C=O) groups excluding carboxylic acids is 5. The van der Waals surface area contributed by atoms with E-state index in [1.165, 1.54) is 17.4 Å². The van der Waals surface area contributed by atoms with E-state index >= 15 is 0 Å². The van der Waals surface area contributed by atoms with Gasteiger partial charge in [0.1, 0.15) is 6.04 Å². The number of nitrogens with zero attached hydrogens (tertiary/aromatic N) is 2. The van der Waals surface area contributed by atoms with E-state index in [0.717, 1.165) is 18.4 Å². The third-order valence-electron chi connectivity index (χ3n) is 8.79. The predicted octanol–water partition coefficient (Wildman–Crippen LogP) is 7.44. The number of carboxylic acid groups (broad SMARTS) is 1. The number of Topliss-reactive ketones (excluding diaryl/α,β-unsaturated/α-hetero) is 1. The third-order valence-corrected chi connectivity index (χ3v) is 9.81. The molecule has 0 saturated heterocycles. The predicted molar refractivity (Wildman–Crippen MR) is 256 cm³/mol. The zero-order valence-electron chi connectivity index (χ0n) is 41.1. The number of hydrogen-bond acceptors (Lipinski definition) is 7. The Hall–Kier alpha value is -4.31. The Labute approximate surface area is 378 Å². The highest BCUT2D eigenvalue weighted by Crippen LogP contribution is 2.28. The Bertz CT molecular complexity index is 1410. The second-order valence-electron chi connectivity index (χ2n) is 15.1. The van der Waals surface area contributed by atoms with Gasteiger partial charge in [-0.2, -0.15) is 0 Å². The largest absolute Gasteiger partial charge is 0.465 e. The van der Waals surface area contributed by atoms with E-state index < -0.39 is 64.1 Å². The standard InChI is InChI=1S/C31H58N6O6S.C8H9NO2.C3H8.2C2H6/c1-11-15-19-37(21-25(38)33-23(16-12-2)26(39)28(40)32-18-14-4)29(41)27(31(7,8)17-13-3)35-30(42)34-24(22(5)6)20-36(9)44(10)43;10-8(11)9-6-7-4-2-1-3-5-7;1-3-2;2*1-2/h14,22-24,27H,4,11-13,15-21H2,1-3,5-10H3,(H,32,40)(H,33,38)(H2,34,35,42);1-5,9H,6H2,(H,10,11);3H2,1-2H3;2*1-2H3. The van der Waals surface area contributed by atoms with Gasteiger partial charge in [-0.05, 0) is 43.2 Å². The van der Waals surface area contributed by atoms with E-state index in [1.54, 1.807) is 17.6 Å². The molecule has 4 atom stereocenters. The van der Waals surface area contributed by atoms with E-state index in [-0.39, 0.29) is 38.0 Å². The van der Waals surface area contributed by atoms with Crippen LogP contribution in [0.15, 0.2) is 43.0 Å². The molecule has 6 N–H and O–H groups in total. The summed E-state index contributed by atoms with van der Waals surface area (Å²) in [7, 11) is 0.503. The van der Waals surface area contributed by atoms with Gasteiger partial charge in [0.05, 0.1) is 23.6 Å². The minimum atomic E-state index is -1.21. The fourth-order valence-electron chi connectivity index (χ4n) is 5.48. The zero-order chi connectivity index (χ0) is 48.8. The van der Waals surface area contributed by atoms with Crippen LogP contribution in [0, 0.1) is 11.3 Å². The molecule has 0 aliphatic heterocycles. The Morgan fingerprint density at radius 1 is 0.871 bits per heavy atom.